The van der Waals surface area contributed by atoms with Gasteiger partial charge in [0.15, 0.2) is 0 Å². The first kappa shape index (κ1) is 19.7. The average molecular weight is 424 g/mol. The molecule has 9 heteroatoms. The van der Waals surface area contributed by atoms with Crippen LogP contribution in [-0.4, -0.2) is 21.8 Å². The molecule has 30 heavy (non-hydrogen) atoms. The van der Waals surface area contributed by atoms with E-state index >= 15 is 0 Å². The molecule has 0 aliphatic carbocycles. The number of nitrogens with one attached hydrogen (secondary N) is 4. The molecule has 0 fully saturated rings. The number of para-hydroxylation sites is 1. The number of H-pyrrole nitrogens is 1. The molecule has 8 nitrogen and oxygen atoms in total. The Bertz CT molecular complexity index is 1190. The van der Waals surface area contributed by atoms with Gasteiger partial charge >= 0.3 is 0 Å². The van der Waals surface area contributed by atoms with Crippen LogP contribution in [0, 0.1) is 6.92 Å². The fraction of sp³-hybridized carbons (Fsp3) is 0.143. The number of nitrogens with zero attached hydrogens (tertiary/aromatic N) is 1. The minimum absolute atomic E-state index is 0.0653. The quantitative estimate of drug-likeness (QED) is 0.512. The lowest BCUT2D eigenvalue weighted by Crippen LogP contribution is -2.36. The summed E-state index contributed by atoms with van der Waals surface area (Å²) in [6, 6.07) is 14.2. The summed E-state index contributed by atoms with van der Waals surface area (Å²) in [5.41, 5.74) is 1.68. The summed E-state index contributed by atoms with van der Waals surface area (Å²) in [6.45, 7) is 1.85. The van der Waals surface area contributed by atoms with Crippen molar-refractivity contribution in [3.63, 3.8) is 0 Å². The SMILES string of the molecule is Cc1ccc(NC(=O)[C@@H]2CC(=O)Nc3nc(Nc4ccccc4)[nH]c(=O)c32)cc1Cl. The summed E-state index contributed by atoms with van der Waals surface area (Å²) in [4.78, 5) is 44.7. The first-order valence-electron chi connectivity index (χ1n) is 9.24. The molecule has 2 aromatic carbocycles. The van der Waals surface area contributed by atoms with Crippen LogP contribution in [0.15, 0.2) is 53.3 Å². The molecular weight excluding hydrogens is 406 g/mol. The van der Waals surface area contributed by atoms with Crippen molar-refractivity contribution in [3.8, 4) is 0 Å². The number of hydrogen-bond donors (Lipinski definition) is 4. The standard InChI is InChI=1S/C21H18ClN5O3/c1-11-7-8-13(9-15(11)22)23-19(29)14-10-16(28)25-18-17(14)20(30)27-21(26-18)24-12-5-3-2-4-6-12/h2-9,14H,10H2,1H3,(H,23,29)(H3,24,25,26,27,28,30)/t14-/m1/s1. The van der Waals surface area contributed by atoms with Gasteiger partial charge in [0.05, 0.1) is 11.5 Å². The van der Waals surface area contributed by atoms with E-state index in [9.17, 15) is 14.4 Å². The van der Waals surface area contributed by atoms with Crippen molar-refractivity contribution in [2.75, 3.05) is 16.0 Å². The van der Waals surface area contributed by atoms with E-state index in [-0.39, 0.29) is 23.8 Å². The maximum absolute atomic E-state index is 12.9. The van der Waals surface area contributed by atoms with E-state index < -0.39 is 23.3 Å². The molecule has 0 bridgehead atoms. The predicted octanol–water partition coefficient (Wildman–Crippen LogP) is 3.54. The Balaban J connectivity index is 1.64. The van der Waals surface area contributed by atoms with Crippen molar-refractivity contribution >= 4 is 46.6 Å². The normalized spacial score (nSPS) is 15.1. The molecule has 0 saturated carbocycles. The second-order valence-corrected chi connectivity index (χ2v) is 7.33. The van der Waals surface area contributed by atoms with Crippen LogP contribution < -0.4 is 21.5 Å². The van der Waals surface area contributed by atoms with Crippen LogP contribution in [0.2, 0.25) is 5.02 Å². The molecule has 1 aliphatic heterocycles. The molecule has 0 radical (unpaired) electrons. The third kappa shape index (κ3) is 4.04. The number of hydrogen-bond acceptors (Lipinski definition) is 5. The third-order valence-corrected chi connectivity index (χ3v) is 5.15. The van der Waals surface area contributed by atoms with Crippen LogP contribution >= 0.6 is 11.6 Å². The Morgan fingerprint density at radius 3 is 2.63 bits per heavy atom. The first-order valence-corrected chi connectivity index (χ1v) is 9.61. The van der Waals surface area contributed by atoms with Crippen LogP contribution in [0.5, 0.6) is 0 Å². The number of anilines is 4. The second-order valence-electron chi connectivity index (χ2n) is 6.93. The van der Waals surface area contributed by atoms with Gasteiger partial charge in [0.25, 0.3) is 5.56 Å². The molecule has 2 heterocycles. The zero-order chi connectivity index (χ0) is 21.3. The van der Waals surface area contributed by atoms with Crippen molar-refractivity contribution in [1.29, 1.82) is 0 Å². The van der Waals surface area contributed by atoms with E-state index in [0.717, 1.165) is 5.56 Å². The van der Waals surface area contributed by atoms with Crippen molar-refractivity contribution < 1.29 is 9.59 Å². The summed E-state index contributed by atoms with van der Waals surface area (Å²) in [7, 11) is 0. The van der Waals surface area contributed by atoms with Gasteiger partial charge in [0, 0.05) is 22.8 Å². The van der Waals surface area contributed by atoms with Gasteiger partial charge in [0.2, 0.25) is 17.8 Å². The molecule has 3 aromatic rings. The molecule has 1 aliphatic rings. The van der Waals surface area contributed by atoms with E-state index in [1.54, 1.807) is 30.3 Å². The zero-order valence-electron chi connectivity index (χ0n) is 16.0. The molecule has 0 spiro atoms. The number of fused-ring (bicyclic) bond motifs is 1. The van der Waals surface area contributed by atoms with E-state index in [0.29, 0.717) is 16.4 Å². The van der Waals surface area contributed by atoms with Crippen LogP contribution in [0.1, 0.15) is 23.5 Å². The average Bonchev–Trinajstić information content (AvgIpc) is 2.70. The number of aromatic amines is 1. The summed E-state index contributed by atoms with van der Waals surface area (Å²) in [6.07, 6.45) is -0.158. The third-order valence-electron chi connectivity index (χ3n) is 4.74. The fourth-order valence-electron chi connectivity index (χ4n) is 3.21. The number of amides is 2. The molecule has 152 valence electrons. The fourth-order valence-corrected chi connectivity index (χ4v) is 3.39. The predicted molar refractivity (Wildman–Crippen MR) is 115 cm³/mol. The van der Waals surface area contributed by atoms with E-state index in [1.165, 1.54) is 0 Å². The van der Waals surface area contributed by atoms with E-state index in [1.807, 2.05) is 25.1 Å². The molecule has 1 aromatic heterocycles. The maximum atomic E-state index is 12.9. The summed E-state index contributed by atoms with van der Waals surface area (Å²) in [5, 5.41) is 8.78. The highest BCUT2D eigenvalue weighted by atomic mass is 35.5. The summed E-state index contributed by atoms with van der Waals surface area (Å²) < 4.78 is 0. The zero-order valence-corrected chi connectivity index (χ0v) is 16.7. The molecule has 4 N–H and O–H groups in total. The molecule has 1 atom stereocenters. The van der Waals surface area contributed by atoms with E-state index in [2.05, 4.69) is 25.9 Å². The Morgan fingerprint density at radius 1 is 1.13 bits per heavy atom. The largest absolute Gasteiger partial charge is 0.326 e. The Hall–Kier alpha value is -3.65. The van der Waals surface area contributed by atoms with E-state index in [4.69, 9.17) is 11.6 Å². The molecule has 0 saturated heterocycles. The second kappa shape index (κ2) is 8.00. The number of aryl methyl sites for hydroxylation is 1. The van der Waals surface area contributed by atoms with Gasteiger partial charge in [0.1, 0.15) is 5.82 Å². The number of carbonyl (C=O) groups is 2. The lowest BCUT2D eigenvalue weighted by molar-refractivity contribution is -0.123. The van der Waals surface area contributed by atoms with Crippen molar-refractivity contribution in [2.24, 2.45) is 0 Å². The lowest BCUT2D eigenvalue weighted by atomic mass is 9.92. The van der Waals surface area contributed by atoms with Crippen molar-refractivity contribution in [1.82, 2.24) is 9.97 Å². The minimum Gasteiger partial charge on any atom is -0.326 e. The topological polar surface area (TPSA) is 116 Å². The van der Waals surface area contributed by atoms with Crippen molar-refractivity contribution in [2.45, 2.75) is 19.3 Å². The Kier molecular flexibility index (Phi) is 5.24. The number of rotatable bonds is 4. The smallest absolute Gasteiger partial charge is 0.258 e. The van der Waals surface area contributed by atoms with Crippen LogP contribution in [0.4, 0.5) is 23.1 Å². The van der Waals surface area contributed by atoms with Gasteiger partial charge in [-0.25, -0.2) is 0 Å². The number of aromatic nitrogens is 2. The lowest BCUT2D eigenvalue weighted by Gasteiger charge is -2.23. The summed E-state index contributed by atoms with van der Waals surface area (Å²) >= 11 is 6.11. The maximum Gasteiger partial charge on any atom is 0.258 e. The highest BCUT2D eigenvalue weighted by Crippen LogP contribution is 2.30. The highest BCUT2D eigenvalue weighted by molar-refractivity contribution is 6.31. The van der Waals surface area contributed by atoms with Gasteiger partial charge in [-0.2, -0.15) is 4.98 Å². The minimum atomic E-state index is -0.976. The first-order chi connectivity index (χ1) is 14.4. The van der Waals surface area contributed by atoms with Gasteiger partial charge in [-0.15, -0.1) is 0 Å². The van der Waals surface area contributed by atoms with Crippen LogP contribution in [0.3, 0.4) is 0 Å². The number of carbonyl (C=O) groups excluding carboxylic acids is 2. The highest BCUT2D eigenvalue weighted by Gasteiger charge is 2.34. The molecular formula is C21H18ClN5O3. The summed E-state index contributed by atoms with van der Waals surface area (Å²) in [5.74, 6) is -1.63. The van der Waals surface area contributed by atoms with Crippen LogP contribution in [0.25, 0.3) is 0 Å². The van der Waals surface area contributed by atoms with Crippen molar-refractivity contribution in [3.05, 3.63) is 75.0 Å². The Labute approximate surface area is 176 Å². The van der Waals surface area contributed by atoms with Crippen LogP contribution in [-0.2, 0) is 9.59 Å². The molecule has 0 unspecified atom stereocenters. The van der Waals surface area contributed by atoms with Gasteiger partial charge in [-0.3, -0.25) is 19.4 Å². The monoisotopic (exact) mass is 423 g/mol. The number of benzene rings is 2. The molecule has 4 rings (SSSR count). The molecule has 2 amide bonds. The van der Waals surface area contributed by atoms with Gasteiger partial charge < -0.3 is 16.0 Å². The number of halogens is 1. The van der Waals surface area contributed by atoms with Gasteiger partial charge in [-0.1, -0.05) is 35.9 Å². The Morgan fingerprint density at radius 2 is 1.90 bits per heavy atom. The van der Waals surface area contributed by atoms with Gasteiger partial charge in [-0.05, 0) is 36.8 Å².